The standard InChI is InChI=1S/C21H20N8O3/c30-20(27-14-9-32-10-14)17-15(2-1-5-24-17)29-21(31)18-19(26-13-6-22-11-23-7-13)25-8-16(28-18)12-3-4-12/h1-2,5-8,11-12,14H,3-4,9-10H2,(H,25,26)(H,27,30)(H,29,31). The van der Waals surface area contributed by atoms with Gasteiger partial charge in [-0.05, 0) is 25.0 Å². The molecule has 1 saturated carbocycles. The van der Waals surface area contributed by atoms with E-state index >= 15 is 0 Å². The van der Waals surface area contributed by atoms with Crippen molar-refractivity contribution in [3.63, 3.8) is 0 Å². The van der Waals surface area contributed by atoms with Gasteiger partial charge in [-0.1, -0.05) is 0 Å². The summed E-state index contributed by atoms with van der Waals surface area (Å²) in [6, 6.07) is 3.21. The maximum absolute atomic E-state index is 13.2. The van der Waals surface area contributed by atoms with Crippen molar-refractivity contribution in [3.8, 4) is 0 Å². The van der Waals surface area contributed by atoms with E-state index in [2.05, 4.69) is 40.9 Å². The van der Waals surface area contributed by atoms with Crippen molar-refractivity contribution < 1.29 is 14.3 Å². The van der Waals surface area contributed by atoms with Gasteiger partial charge in [0, 0.05) is 12.1 Å². The zero-order valence-corrected chi connectivity index (χ0v) is 17.0. The predicted molar refractivity (Wildman–Crippen MR) is 114 cm³/mol. The molecule has 11 heteroatoms. The van der Waals surface area contributed by atoms with Gasteiger partial charge in [-0.3, -0.25) is 9.59 Å². The molecule has 0 atom stereocenters. The Bertz CT molecular complexity index is 1150. The van der Waals surface area contributed by atoms with Gasteiger partial charge in [-0.25, -0.2) is 24.9 Å². The van der Waals surface area contributed by atoms with E-state index in [-0.39, 0.29) is 34.8 Å². The number of ether oxygens (including phenoxy) is 1. The van der Waals surface area contributed by atoms with Gasteiger partial charge in [0.05, 0.1) is 54.9 Å². The van der Waals surface area contributed by atoms with Gasteiger partial charge in [0.1, 0.15) is 6.33 Å². The first-order valence-electron chi connectivity index (χ1n) is 10.2. The van der Waals surface area contributed by atoms with E-state index < -0.39 is 5.91 Å². The van der Waals surface area contributed by atoms with Crippen LogP contribution in [-0.2, 0) is 4.74 Å². The van der Waals surface area contributed by atoms with Crippen LogP contribution < -0.4 is 16.0 Å². The molecule has 32 heavy (non-hydrogen) atoms. The molecule has 0 bridgehead atoms. The molecular weight excluding hydrogens is 412 g/mol. The van der Waals surface area contributed by atoms with Gasteiger partial charge in [0.15, 0.2) is 17.2 Å². The number of nitrogens with one attached hydrogen (secondary N) is 3. The summed E-state index contributed by atoms with van der Waals surface area (Å²) in [5.41, 5.74) is 1.84. The van der Waals surface area contributed by atoms with E-state index in [1.54, 1.807) is 30.7 Å². The summed E-state index contributed by atoms with van der Waals surface area (Å²) in [4.78, 5) is 46.9. The zero-order valence-electron chi connectivity index (χ0n) is 17.0. The number of carbonyl (C=O) groups is 2. The van der Waals surface area contributed by atoms with E-state index in [0.29, 0.717) is 24.8 Å². The van der Waals surface area contributed by atoms with Crippen LogP contribution in [0.25, 0.3) is 0 Å². The molecule has 4 heterocycles. The molecule has 1 aliphatic heterocycles. The number of nitrogens with zero attached hydrogens (tertiary/aromatic N) is 5. The lowest BCUT2D eigenvalue weighted by atomic mass is 10.2. The summed E-state index contributed by atoms with van der Waals surface area (Å²) < 4.78 is 5.09. The minimum absolute atomic E-state index is 0.0574. The van der Waals surface area contributed by atoms with Crippen LogP contribution in [0.15, 0.2) is 43.2 Å². The van der Waals surface area contributed by atoms with Crippen LogP contribution in [0.4, 0.5) is 17.2 Å². The van der Waals surface area contributed by atoms with Crippen LogP contribution in [0.5, 0.6) is 0 Å². The fourth-order valence-electron chi connectivity index (χ4n) is 3.17. The third-order valence-electron chi connectivity index (χ3n) is 5.07. The lowest BCUT2D eigenvalue weighted by molar-refractivity contribution is -0.00353. The number of rotatable bonds is 7. The van der Waals surface area contributed by atoms with Crippen LogP contribution in [0.3, 0.4) is 0 Å². The van der Waals surface area contributed by atoms with Crippen molar-refractivity contribution >= 4 is 29.0 Å². The molecule has 3 aromatic heterocycles. The summed E-state index contributed by atoms with van der Waals surface area (Å²) in [6.45, 7) is 0.921. The fraction of sp³-hybridized carbons (Fsp3) is 0.286. The van der Waals surface area contributed by atoms with Gasteiger partial charge in [0.2, 0.25) is 0 Å². The number of pyridine rings is 1. The van der Waals surface area contributed by atoms with Crippen molar-refractivity contribution in [1.29, 1.82) is 0 Å². The Kier molecular flexibility index (Phi) is 5.38. The molecule has 0 aromatic carbocycles. The van der Waals surface area contributed by atoms with E-state index in [9.17, 15) is 9.59 Å². The molecule has 162 valence electrons. The number of carbonyl (C=O) groups excluding carboxylic acids is 2. The molecule has 5 rings (SSSR count). The first-order chi connectivity index (χ1) is 15.7. The lowest BCUT2D eigenvalue weighted by Crippen LogP contribution is -2.48. The molecular formula is C21H20N8O3. The molecule has 2 aliphatic rings. The maximum atomic E-state index is 13.2. The molecule has 0 radical (unpaired) electrons. The maximum Gasteiger partial charge on any atom is 0.278 e. The second-order valence-electron chi connectivity index (χ2n) is 7.58. The number of hydrogen-bond acceptors (Lipinski definition) is 9. The summed E-state index contributed by atoms with van der Waals surface area (Å²) in [6.07, 6.45) is 9.75. The summed E-state index contributed by atoms with van der Waals surface area (Å²) >= 11 is 0. The largest absolute Gasteiger partial charge is 0.377 e. The first kappa shape index (κ1) is 19.9. The van der Waals surface area contributed by atoms with Gasteiger partial charge < -0.3 is 20.7 Å². The number of hydrogen-bond donors (Lipinski definition) is 3. The van der Waals surface area contributed by atoms with E-state index in [1.807, 2.05) is 0 Å². The number of aromatic nitrogens is 5. The Balaban J connectivity index is 1.41. The normalized spacial score (nSPS) is 15.5. The van der Waals surface area contributed by atoms with Crippen LogP contribution in [-0.4, -0.2) is 56.0 Å². The fourth-order valence-corrected chi connectivity index (χ4v) is 3.17. The highest BCUT2D eigenvalue weighted by Crippen LogP contribution is 2.39. The average Bonchev–Trinajstić information content (AvgIpc) is 3.63. The Hall–Kier alpha value is -3.99. The van der Waals surface area contributed by atoms with E-state index in [4.69, 9.17) is 4.74 Å². The average molecular weight is 432 g/mol. The molecule has 3 N–H and O–H groups in total. The molecule has 11 nitrogen and oxygen atoms in total. The zero-order chi connectivity index (χ0) is 21.9. The second-order valence-corrected chi connectivity index (χ2v) is 7.58. The second kappa shape index (κ2) is 8.63. The van der Waals surface area contributed by atoms with Gasteiger partial charge in [-0.2, -0.15) is 0 Å². The minimum atomic E-state index is -0.506. The predicted octanol–water partition coefficient (Wildman–Crippen LogP) is 1.66. The highest BCUT2D eigenvalue weighted by atomic mass is 16.5. The lowest BCUT2D eigenvalue weighted by Gasteiger charge is -2.26. The smallest absolute Gasteiger partial charge is 0.278 e. The van der Waals surface area contributed by atoms with Crippen LogP contribution >= 0.6 is 0 Å². The summed E-state index contributed by atoms with van der Waals surface area (Å²) in [5.74, 6) is -0.309. The molecule has 0 unspecified atom stereocenters. The Labute approximate surface area is 183 Å². The van der Waals surface area contributed by atoms with Crippen LogP contribution in [0.2, 0.25) is 0 Å². The van der Waals surface area contributed by atoms with E-state index in [0.717, 1.165) is 18.5 Å². The molecule has 0 spiro atoms. The van der Waals surface area contributed by atoms with Crippen molar-refractivity contribution in [2.24, 2.45) is 0 Å². The SMILES string of the molecule is O=C(NC1COC1)c1ncccc1NC(=O)c1nc(C2CC2)cnc1Nc1cncnc1. The molecule has 2 fully saturated rings. The van der Waals surface area contributed by atoms with Gasteiger partial charge in [0.25, 0.3) is 11.8 Å². The van der Waals surface area contributed by atoms with Crippen LogP contribution in [0.1, 0.15) is 45.4 Å². The molecule has 1 aliphatic carbocycles. The highest BCUT2D eigenvalue weighted by molar-refractivity contribution is 6.09. The van der Waals surface area contributed by atoms with Crippen molar-refractivity contribution in [2.45, 2.75) is 24.8 Å². The number of anilines is 3. The Morgan fingerprint density at radius 3 is 2.53 bits per heavy atom. The van der Waals surface area contributed by atoms with Gasteiger partial charge >= 0.3 is 0 Å². The first-order valence-corrected chi connectivity index (χ1v) is 10.2. The third-order valence-corrected chi connectivity index (χ3v) is 5.07. The summed E-state index contributed by atoms with van der Waals surface area (Å²) in [7, 11) is 0. The van der Waals surface area contributed by atoms with Crippen molar-refractivity contribution in [3.05, 3.63) is 60.3 Å². The summed E-state index contributed by atoms with van der Waals surface area (Å²) in [5, 5.41) is 8.63. The molecule has 3 aromatic rings. The topological polar surface area (TPSA) is 144 Å². The quantitative estimate of drug-likeness (QED) is 0.508. The Morgan fingerprint density at radius 1 is 1.00 bits per heavy atom. The molecule has 1 saturated heterocycles. The Morgan fingerprint density at radius 2 is 1.81 bits per heavy atom. The monoisotopic (exact) mass is 432 g/mol. The van der Waals surface area contributed by atoms with Crippen LogP contribution in [0, 0.1) is 0 Å². The van der Waals surface area contributed by atoms with Gasteiger partial charge in [-0.15, -0.1) is 0 Å². The highest BCUT2D eigenvalue weighted by Gasteiger charge is 2.28. The van der Waals surface area contributed by atoms with Crippen molar-refractivity contribution in [1.82, 2.24) is 30.2 Å². The third kappa shape index (κ3) is 4.37. The minimum Gasteiger partial charge on any atom is -0.377 e. The number of amides is 2. The van der Waals surface area contributed by atoms with Crippen molar-refractivity contribution in [2.75, 3.05) is 23.8 Å². The van der Waals surface area contributed by atoms with E-state index in [1.165, 1.54) is 12.5 Å². The molecule has 2 amide bonds.